The van der Waals surface area contributed by atoms with E-state index in [1.165, 1.54) is 0 Å². The van der Waals surface area contributed by atoms with Crippen LogP contribution >= 0.6 is 0 Å². The van der Waals surface area contributed by atoms with Crippen LogP contribution in [0.5, 0.6) is 0 Å². The minimum absolute atomic E-state index is 0.0460. The Morgan fingerprint density at radius 1 is 0.967 bits per heavy atom. The molecule has 2 heterocycles. The number of anilines is 1. The molecule has 4 aliphatic rings. The van der Waals surface area contributed by atoms with E-state index >= 15 is 0 Å². The van der Waals surface area contributed by atoms with Gasteiger partial charge in [0.2, 0.25) is 17.8 Å². The second-order valence-corrected chi connectivity index (χ2v) is 9.00. The van der Waals surface area contributed by atoms with Crippen LogP contribution in [0.3, 0.4) is 0 Å². The number of rotatable bonds is 8. The van der Waals surface area contributed by atoms with Crippen LogP contribution in [-0.4, -0.2) is 66.0 Å². The number of carbonyl (C=O) groups is 2. The lowest BCUT2D eigenvalue weighted by Gasteiger charge is -2.46. The lowest BCUT2D eigenvalue weighted by molar-refractivity contribution is -0.144. The van der Waals surface area contributed by atoms with Crippen molar-refractivity contribution in [1.82, 2.24) is 20.2 Å². The minimum atomic E-state index is -0.287. The third kappa shape index (κ3) is 4.74. The van der Waals surface area contributed by atoms with Gasteiger partial charge in [-0.2, -0.15) is 0 Å². The van der Waals surface area contributed by atoms with E-state index < -0.39 is 0 Å². The van der Waals surface area contributed by atoms with Gasteiger partial charge in [-0.05, 0) is 63.0 Å². The zero-order valence-corrected chi connectivity index (χ0v) is 17.7. The van der Waals surface area contributed by atoms with E-state index in [1.807, 2.05) is 6.07 Å². The molecule has 0 radical (unpaired) electrons. The molecule has 0 aromatic carbocycles. The number of primary amides is 1. The molecule has 1 saturated heterocycles. The van der Waals surface area contributed by atoms with Gasteiger partial charge in [0.1, 0.15) is 0 Å². The van der Waals surface area contributed by atoms with Gasteiger partial charge in [-0.3, -0.25) is 14.5 Å². The number of hydrogen-bond donors (Lipinski definition) is 2. The van der Waals surface area contributed by atoms with Crippen molar-refractivity contribution in [3.63, 3.8) is 0 Å². The van der Waals surface area contributed by atoms with Crippen LogP contribution in [0.2, 0.25) is 0 Å². The predicted octanol–water partition coefficient (Wildman–Crippen LogP) is 1.03. The Labute approximate surface area is 178 Å². The van der Waals surface area contributed by atoms with Gasteiger partial charge in [-0.15, -0.1) is 0 Å². The summed E-state index contributed by atoms with van der Waals surface area (Å²) in [5, 5.41) is 3.10. The van der Waals surface area contributed by atoms with E-state index in [9.17, 15) is 9.59 Å². The van der Waals surface area contributed by atoms with Crippen LogP contribution in [0.1, 0.15) is 38.5 Å². The fourth-order valence-corrected chi connectivity index (χ4v) is 5.65. The molecule has 30 heavy (non-hydrogen) atoms. The molecular weight excluding hydrogens is 380 g/mol. The summed E-state index contributed by atoms with van der Waals surface area (Å²) in [5.74, 6) is 0.742. The average molecular weight is 415 g/mol. The smallest absolute Gasteiger partial charge is 0.225 e. The van der Waals surface area contributed by atoms with E-state index in [2.05, 4.69) is 25.1 Å². The van der Waals surface area contributed by atoms with E-state index in [0.717, 1.165) is 77.2 Å². The van der Waals surface area contributed by atoms with Crippen molar-refractivity contribution in [2.45, 2.75) is 38.5 Å². The standard InChI is InChI=1S/C22H34N6O2/c23-20(29)18-16-4-6-17(7-5-16)19(18)21(30)24-8-1-2-11-27-12-14-28(15-13-27)22-25-9-3-10-26-22/h3,9-10,16-19H,1-2,4-8,11-15H2,(H2,23,29)(H,24,30). The van der Waals surface area contributed by atoms with Crippen LogP contribution in [0, 0.1) is 23.7 Å². The Kier molecular flexibility index (Phi) is 6.82. The molecule has 5 rings (SSSR count). The summed E-state index contributed by atoms with van der Waals surface area (Å²) in [7, 11) is 0. The second-order valence-electron chi connectivity index (χ2n) is 9.00. The number of hydrogen-bond acceptors (Lipinski definition) is 6. The highest BCUT2D eigenvalue weighted by Crippen LogP contribution is 2.48. The summed E-state index contributed by atoms with van der Waals surface area (Å²) in [6.45, 7) is 5.62. The summed E-state index contributed by atoms with van der Waals surface area (Å²) < 4.78 is 0. The predicted molar refractivity (Wildman–Crippen MR) is 115 cm³/mol. The Morgan fingerprint density at radius 2 is 1.60 bits per heavy atom. The van der Waals surface area contributed by atoms with Crippen LogP contribution in [0.4, 0.5) is 5.95 Å². The van der Waals surface area contributed by atoms with E-state index in [-0.39, 0.29) is 23.7 Å². The summed E-state index contributed by atoms with van der Waals surface area (Å²) in [4.78, 5) is 38.1. The molecule has 164 valence electrons. The molecule has 2 unspecified atom stereocenters. The first-order chi connectivity index (χ1) is 14.6. The molecule has 3 saturated carbocycles. The molecule has 3 N–H and O–H groups in total. The number of carbonyl (C=O) groups excluding carboxylic acids is 2. The summed E-state index contributed by atoms with van der Waals surface area (Å²) >= 11 is 0. The van der Waals surface area contributed by atoms with Crippen molar-refractivity contribution in [3.05, 3.63) is 18.5 Å². The highest BCUT2D eigenvalue weighted by Gasteiger charge is 2.49. The molecule has 2 atom stereocenters. The van der Waals surface area contributed by atoms with Crippen LogP contribution < -0.4 is 16.0 Å². The van der Waals surface area contributed by atoms with Crippen LogP contribution in [0.25, 0.3) is 0 Å². The molecule has 8 heteroatoms. The van der Waals surface area contributed by atoms with Crippen LogP contribution in [0.15, 0.2) is 18.5 Å². The lowest BCUT2D eigenvalue weighted by Crippen LogP contribution is -2.52. The third-order valence-electron chi connectivity index (χ3n) is 7.26. The number of aromatic nitrogens is 2. The van der Waals surface area contributed by atoms with Gasteiger partial charge >= 0.3 is 0 Å². The van der Waals surface area contributed by atoms with Gasteiger partial charge in [0.15, 0.2) is 0 Å². The maximum absolute atomic E-state index is 12.8. The lowest BCUT2D eigenvalue weighted by atomic mass is 9.58. The van der Waals surface area contributed by atoms with Crippen molar-refractivity contribution in [3.8, 4) is 0 Å². The first kappa shape index (κ1) is 21.0. The molecule has 1 aromatic rings. The van der Waals surface area contributed by atoms with E-state index in [1.54, 1.807) is 12.4 Å². The van der Waals surface area contributed by atoms with Crippen molar-refractivity contribution in [2.75, 3.05) is 44.2 Å². The van der Waals surface area contributed by atoms with Crippen molar-refractivity contribution in [1.29, 1.82) is 0 Å². The molecule has 1 aliphatic heterocycles. The maximum Gasteiger partial charge on any atom is 0.225 e. The van der Waals surface area contributed by atoms with Crippen molar-refractivity contribution in [2.24, 2.45) is 29.4 Å². The summed E-state index contributed by atoms with van der Waals surface area (Å²) in [5.41, 5.74) is 5.65. The second kappa shape index (κ2) is 9.73. The fourth-order valence-electron chi connectivity index (χ4n) is 5.65. The molecule has 1 aromatic heterocycles. The maximum atomic E-state index is 12.8. The topological polar surface area (TPSA) is 104 Å². The molecule has 0 spiro atoms. The first-order valence-electron chi connectivity index (χ1n) is 11.4. The Bertz CT molecular complexity index is 714. The number of fused-ring (bicyclic) bond motifs is 3. The fraction of sp³-hybridized carbons (Fsp3) is 0.727. The number of unbranched alkanes of at least 4 members (excludes halogenated alkanes) is 1. The van der Waals surface area contributed by atoms with Crippen molar-refractivity contribution >= 4 is 17.8 Å². The quantitative estimate of drug-likeness (QED) is 0.616. The van der Waals surface area contributed by atoms with Crippen molar-refractivity contribution < 1.29 is 9.59 Å². The Hall–Kier alpha value is -2.22. The number of nitrogens with two attached hydrogens (primary N) is 1. The van der Waals surface area contributed by atoms with E-state index in [4.69, 9.17) is 5.73 Å². The highest BCUT2D eigenvalue weighted by atomic mass is 16.2. The highest BCUT2D eigenvalue weighted by molar-refractivity contribution is 5.87. The number of nitrogens with zero attached hydrogens (tertiary/aromatic N) is 4. The molecule has 3 aliphatic carbocycles. The normalized spacial score (nSPS) is 29.0. The largest absolute Gasteiger partial charge is 0.369 e. The first-order valence-corrected chi connectivity index (χ1v) is 11.4. The van der Waals surface area contributed by atoms with E-state index in [0.29, 0.717) is 18.4 Å². The van der Waals surface area contributed by atoms with Gasteiger partial charge in [0.25, 0.3) is 0 Å². The summed E-state index contributed by atoms with van der Waals surface area (Å²) in [6, 6.07) is 1.84. The average Bonchev–Trinajstić information content (AvgIpc) is 2.80. The van der Waals surface area contributed by atoms with Gasteiger partial charge in [-0.1, -0.05) is 0 Å². The van der Waals surface area contributed by atoms with Gasteiger partial charge in [0.05, 0.1) is 11.8 Å². The molecule has 2 amide bonds. The summed E-state index contributed by atoms with van der Waals surface area (Å²) in [6.07, 6.45) is 9.80. The SMILES string of the molecule is NC(=O)C1C2CCC(CC2)C1C(=O)NCCCCN1CCN(c2ncccn2)CC1. The minimum Gasteiger partial charge on any atom is -0.369 e. The molecule has 2 bridgehead atoms. The number of nitrogens with one attached hydrogen (secondary N) is 1. The molecular formula is C22H34N6O2. The third-order valence-corrected chi connectivity index (χ3v) is 7.26. The Morgan fingerprint density at radius 3 is 2.23 bits per heavy atom. The van der Waals surface area contributed by atoms with Gasteiger partial charge < -0.3 is 16.0 Å². The molecule has 8 nitrogen and oxygen atoms in total. The number of amides is 2. The van der Waals surface area contributed by atoms with Gasteiger partial charge in [-0.25, -0.2) is 9.97 Å². The number of piperazine rings is 1. The van der Waals surface area contributed by atoms with Gasteiger partial charge in [0, 0.05) is 45.1 Å². The zero-order chi connectivity index (χ0) is 20.9. The Balaban J connectivity index is 1.14. The molecule has 4 fully saturated rings. The monoisotopic (exact) mass is 414 g/mol. The zero-order valence-electron chi connectivity index (χ0n) is 17.7. The van der Waals surface area contributed by atoms with Crippen LogP contribution in [-0.2, 0) is 9.59 Å².